The molecule has 0 bridgehead atoms. The minimum Gasteiger partial charge on any atom is -0.477 e. The third-order valence-corrected chi connectivity index (χ3v) is 7.87. The molecule has 2 aromatic rings. The van der Waals surface area contributed by atoms with Gasteiger partial charge in [0.15, 0.2) is 5.09 Å². The highest BCUT2D eigenvalue weighted by molar-refractivity contribution is 8.01. The Morgan fingerprint density at radius 2 is 2.33 bits per heavy atom. The number of furan rings is 1. The molecule has 0 aromatic carbocycles. The lowest BCUT2D eigenvalue weighted by Gasteiger charge is -2.49. The number of β-lactam (4-membered cyclic amide) rings is 1. The summed E-state index contributed by atoms with van der Waals surface area (Å²) in [6, 6.07) is 2.20. The smallest absolute Gasteiger partial charge is 0.352 e. The molecule has 3 N–H and O–H groups in total. The number of fused-ring (bicyclic) bond motifs is 1. The molecule has 0 aliphatic carbocycles. The molecule has 11 nitrogen and oxygen atoms in total. The van der Waals surface area contributed by atoms with E-state index in [-0.39, 0.29) is 16.5 Å². The average molecular weight is 470 g/mol. The number of aliphatic carboxylic acids is 1. The molecule has 0 spiro atoms. The van der Waals surface area contributed by atoms with Gasteiger partial charge in [0.2, 0.25) is 5.91 Å². The van der Waals surface area contributed by atoms with Crippen LogP contribution in [0.5, 0.6) is 0 Å². The van der Waals surface area contributed by atoms with Crippen LogP contribution in [0, 0.1) is 0 Å². The summed E-state index contributed by atoms with van der Waals surface area (Å²) >= 11 is 2.68. The van der Waals surface area contributed by atoms with Crippen molar-refractivity contribution in [2.75, 3.05) is 17.3 Å². The summed E-state index contributed by atoms with van der Waals surface area (Å²) in [6.45, 7) is 0. The van der Waals surface area contributed by atoms with Crippen LogP contribution < -0.4 is 5.32 Å². The van der Waals surface area contributed by atoms with Crippen molar-refractivity contribution in [3.05, 3.63) is 35.9 Å². The standard InChI is InChI=1S/C16H15N5O6S3/c22-9(7-30(26)11-2-1-3-27-11)18-12-14(23)21-13(16(24)25)8(6-29-15(12)21)5-28-10-4-17-20-19-10/h1-4,12,15H,5-7H2,(H,18,22)(H,24,25)(H,17,19,20)/t12?,15-,30?/m0/s1. The van der Waals surface area contributed by atoms with E-state index in [1.807, 2.05) is 0 Å². The van der Waals surface area contributed by atoms with Crippen molar-refractivity contribution >= 4 is 52.1 Å². The lowest BCUT2D eigenvalue weighted by atomic mass is 10.0. The summed E-state index contributed by atoms with van der Waals surface area (Å²) in [7, 11) is -1.67. The number of carboxylic acids is 1. The van der Waals surface area contributed by atoms with Crippen molar-refractivity contribution in [1.29, 1.82) is 0 Å². The fourth-order valence-electron chi connectivity index (χ4n) is 3.01. The van der Waals surface area contributed by atoms with Gasteiger partial charge in [-0.1, -0.05) is 11.8 Å². The summed E-state index contributed by atoms with van der Waals surface area (Å²) in [5.41, 5.74) is 0.526. The van der Waals surface area contributed by atoms with E-state index in [1.54, 1.807) is 6.07 Å². The Balaban J connectivity index is 1.41. The second-order valence-electron chi connectivity index (χ2n) is 6.23. The molecule has 14 heteroatoms. The molecule has 3 atom stereocenters. The van der Waals surface area contributed by atoms with Crippen LogP contribution in [-0.4, -0.2) is 76.1 Å². The number of carbonyl (C=O) groups excluding carboxylic acids is 2. The Morgan fingerprint density at radius 1 is 1.50 bits per heavy atom. The zero-order valence-corrected chi connectivity index (χ0v) is 17.6. The Morgan fingerprint density at radius 3 is 3.00 bits per heavy atom. The summed E-state index contributed by atoms with van der Waals surface area (Å²) in [5.74, 6) is -1.89. The average Bonchev–Trinajstić information content (AvgIpc) is 3.43. The van der Waals surface area contributed by atoms with Gasteiger partial charge in [-0.25, -0.2) is 4.79 Å². The minimum atomic E-state index is -1.67. The topological polar surface area (TPSA) is 158 Å². The molecular formula is C16H15N5O6S3. The summed E-state index contributed by atoms with van der Waals surface area (Å²) in [5, 5.41) is 22.6. The monoisotopic (exact) mass is 469 g/mol. The highest BCUT2D eigenvalue weighted by Crippen LogP contribution is 2.41. The predicted molar refractivity (Wildman–Crippen MR) is 107 cm³/mol. The first-order chi connectivity index (χ1) is 14.5. The first kappa shape index (κ1) is 20.7. The predicted octanol–water partition coefficient (Wildman–Crippen LogP) is 0.0362. The van der Waals surface area contributed by atoms with Crippen LogP contribution in [-0.2, 0) is 25.2 Å². The minimum absolute atomic E-state index is 0.0654. The third-order valence-electron chi connectivity index (χ3n) is 4.34. The number of hydrogen-bond donors (Lipinski definition) is 3. The SMILES string of the molecule is O=C(CS(=O)c1ccco1)NC1C(=O)N2C(C(=O)O)=C(CSc3cn[nH]n3)CS[C@@H]12. The van der Waals surface area contributed by atoms with Gasteiger partial charge in [0.25, 0.3) is 5.91 Å². The van der Waals surface area contributed by atoms with Crippen LogP contribution in [0.3, 0.4) is 0 Å². The van der Waals surface area contributed by atoms with Gasteiger partial charge in [-0.3, -0.25) is 18.7 Å². The number of carbonyl (C=O) groups is 3. The summed E-state index contributed by atoms with van der Waals surface area (Å²) in [4.78, 5) is 37.8. The van der Waals surface area contributed by atoms with Crippen molar-refractivity contribution in [2.24, 2.45) is 0 Å². The van der Waals surface area contributed by atoms with E-state index in [0.717, 1.165) is 0 Å². The molecule has 2 aliphatic heterocycles. The van der Waals surface area contributed by atoms with E-state index < -0.39 is 40.0 Å². The maximum Gasteiger partial charge on any atom is 0.352 e. The Hall–Kier alpha value is -2.58. The molecule has 2 aliphatic rings. The Bertz CT molecular complexity index is 1020. The molecule has 158 valence electrons. The number of aromatic amines is 1. The van der Waals surface area contributed by atoms with E-state index in [2.05, 4.69) is 20.7 Å². The quantitative estimate of drug-likeness (QED) is 0.356. The lowest BCUT2D eigenvalue weighted by molar-refractivity contribution is -0.150. The van der Waals surface area contributed by atoms with E-state index >= 15 is 0 Å². The van der Waals surface area contributed by atoms with Crippen molar-refractivity contribution in [3.63, 3.8) is 0 Å². The Labute approximate surface area is 180 Å². The van der Waals surface area contributed by atoms with Gasteiger partial charge >= 0.3 is 5.97 Å². The van der Waals surface area contributed by atoms with Gasteiger partial charge in [0, 0.05) is 11.5 Å². The summed E-state index contributed by atoms with van der Waals surface area (Å²) < 4.78 is 17.1. The van der Waals surface area contributed by atoms with Gasteiger partial charge in [-0.05, 0) is 17.7 Å². The fourth-order valence-corrected chi connectivity index (χ4v) is 6.14. The molecule has 1 fully saturated rings. The lowest BCUT2D eigenvalue weighted by Crippen LogP contribution is -2.70. The van der Waals surface area contributed by atoms with Gasteiger partial charge in [0.05, 0.1) is 23.3 Å². The molecule has 0 radical (unpaired) electrons. The van der Waals surface area contributed by atoms with E-state index in [4.69, 9.17) is 4.42 Å². The van der Waals surface area contributed by atoms with Crippen molar-refractivity contribution in [2.45, 2.75) is 21.5 Å². The number of hydrogen-bond acceptors (Lipinski definition) is 9. The number of thioether (sulfide) groups is 2. The van der Waals surface area contributed by atoms with E-state index in [1.165, 1.54) is 47.0 Å². The Kier molecular flexibility index (Phi) is 5.97. The zero-order valence-electron chi connectivity index (χ0n) is 15.1. The fraction of sp³-hybridized carbons (Fsp3) is 0.312. The third kappa shape index (κ3) is 4.02. The first-order valence-corrected chi connectivity index (χ1v) is 11.9. The molecule has 4 rings (SSSR count). The van der Waals surface area contributed by atoms with Gasteiger partial charge in [-0.15, -0.1) is 16.9 Å². The number of carboxylic acid groups (broad SMARTS) is 1. The molecule has 1 saturated heterocycles. The number of nitrogens with one attached hydrogen (secondary N) is 2. The molecule has 0 saturated carbocycles. The van der Waals surface area contributed by atoms with Crippen LogP contribution in [0.15, 0.2) is 50.4 Å². The van der Waals surface area contributed by atoms with Crippen LogP contribution in [0.4, 0.5) is 0 Å². The van der Waals surface area contributed by atoms with Crippen molar-refractivity contribution < 1.29 is 28.1 Å². The van der Waals surface area contributed by atoms with Gasteiger partial charge in [-0.2, -0.15) is 10.3 Å². The van der Waals surface area contributed by atoms with Crippen LogP contribution in [0.1, 0.15) is 0 Å². The number of H-pyrrole nitrogens is 1. The van der Waals surface area contributed by atoms with Crippen molar-refractivity contribution in [1.82, 2.24) is 25.6 Å². The van der Waals surface area contributed by atoms with Crippen LogP contribution in [0.2, 0.25) is 0 Å². The van der Waals surface area contributed by atoms with Crippen LogP contribution >= 0.6 is 23.5 Å². The zero-order chi connectivity index (χ0) is 21.3. The molecule has 2 unspecified atom stereocenters. The van der Waals surface area contributed by atoms with Crippen molar-refractivity contribution in [3.8, 4) is 0 Å². The summed E-state index contributed by atoms with van der Waals surface area (Å²) in [6.07, 6.45) is 2.88. The second-order valence-corrected chi connectivity index (χ2v) is 9.71. The van der Waals surface area contributed by atoms with E-state index in [9.17, 15) is 23.7 Å². The molecule has 2 amide bonds. The normalized spacial score (nSPS) is 21.7. The first-order valence-electron chi connectivity index (χ1n) is 8.55. The number of amides is 2. The number of nitrogens with zero attached hydrogens (tertiary/aromatic N) is 3. The molecule has 4 heterocycles. The number of rotatable bonds is 8. The second kappa shape index (κ2) is 8.65. The molecule has 2 aromatic heterocycles. The highest BCUT2D eigenvalue weighted by atomic mass is 32.2. The highest BCUT2D eigenvalue weighted by Gasteiger charge is 2.54. The van der Waals surface area contributed by atoms with Gasteiger partial charge in [0.1, 0.15) is 27.9 Å². The van der Waals surface area contributed by atoms with Crippen LogP contribution in [0.25, 0.3) is 0 Å². The van der Waals surface area contributed by atoms with Gasteiger partial charge < -0.3 is 14.8 Å². The maximum absolute atomic E-state index is 12.6. The number of aromatic nitrogens is 3. The van der Waals surface area contributed by atoms with E-state index in [0.29, 0.717) is 22.1 Å². The molecular weight excluding hydrogens is 454 g/mol. The maximum atomic E-state index is 12.6. The molecule has 30 heavy (non-hydrogen) atoms. The largest absolute Gasteiger partial charge is 0.477 e.